The number of nitrogens with one attached hydrogen (secondary N) is 1. The fraction of sp³-hybridized carbons (Fsp3) is 0.462. The summed E-state index contributed by atoms with van der Waals surface area (Å²) in [6.07, 6.45) is 2.14. The van der Waals surface area contributed by atoms with E-state index in [1.807, 2.05) is 31.2 Å². The summed E-state index contributed by atoms with van der Waals surface area (Å²) >= 11 is 0. The number of carbonyl (C=O) groups excluding carboxylic acids is 1. The summed E-state index contributed by atoms with van der Waals surface area (Å²) in [6.45, 7) is 1.98. The van der Waals surface area contributed by atoms with Crippen LogP contribution in [0.2, 0.25) is 0 Å². The first kappa shape index (κ1) is 11.9. The lowest BCUT2D eigenvalue weighted by atomic mass is 10.2. The van der Waals surface area contributed by atoms with E-state index in [0.717, 1.165) is 30.5 Å². The molecule has 92 valence electrons. The second kappa shape index (κ2) is 5.19. The van der Waals surface area contributed by atoms with Gasteiger partial charge in [-0.05, 0) is 43.9 Å². The Kier molecular flexibility index (Phi) is 3.64. The fourth-order valence-corrected chi connectivity index (χ4v) is 2.10. The Bertz CT molecular complexity index is 406. The summed E-state index contributed by atoms with van der Waals surface area (Å²) in [6, 6.07) is 7.80. The van der Waals surface area contributed by atoms with E-state index in [4.69, 9.17) is 10.5 Å². The number of ether oxygens (including phenoxy) is 1. The molecule has 17 heavy (non-hydrogen) atoms. The molecule has 0 aromatic heterocycles. The van der Waals surface area contributed by atoms with Crippen molar-refractivity contribution in [3.8, 4) is 0 Å². The number of benzene rings is 1. The first-order valence-corrected chi connectivity index (χ1v) is 5.93. The van der Waals surface area contributed by atoms with Crippen LogP contribution in [0.4, 0.5) is 10.5 Å². The zero-order chi connectivity index (χ0) is 12.3. The van der Waals surface area contributed by atoms with Crippen molar-refractivity contribution in [3.63, 3.8) is 0 Å². The van der Waals surface area contributed by atoms with Gasteiger partial charge in [-0.3, -0.25) is 5.32 Å². The van der Waals surface area contributed by atoms with Crippen molar-refractivity contribution in [1.82, 2.24) is 0 Å². The Labute approximate surface area is 101 Å². The summed E-state index contributed by atoms with van der Waals surface area (Å²) in [5.41, 5.74) is 7.63. The molecule has 1 amide bonds. The molecule has 2 rings (SSSR count). The molecule has 1 saturated carbocycles. The lowest BCUT2D eigenvalue weighted by Crippen LogP contribution is -2.22. The molecular formula is C13H18N2O2. The molecule has 1 fully saturated rings. The van der Waals surface area contributed by atoms with Gasteiger partial charge in [-0.25, -0.2) is 4.79 Å². The van der Waals surface area contributed by atoms with Gasteiger partial charge in [-0.1, -0.05) is 12.1 Å². The first-order chi connectivity index (χ1) is 8.13. The van der Waals surface area contributed by atoms with Crippen LogP contribution in [0.3, 0.4) is 0 Å². The summed E-state index contributed by atoms with van der Waals surface area (Å²) < 4.78 is 5.30. The fourth-order valence-electron chi connectivity index (χ4n) is 2.10. The van der Waals surface area contributed by atoms with Crippen LogP contribution in [0.1, 0.15) is 24.8 Å². The van der Waals surface area contributed by atoms with Crippen molar-refractivity contribution < 1.29 is 9.53 Å². The molecule has 0 heterocycles. The third-order valence-electron chi connectivity index (χ3n) is 2.96. The van der Waals surface area contributed by atoms with Gasteiger partial charge < -0.3 is 10.5 Å². The molecule has 0 bridgehead atoms. The predicted molar refractivity (Wildman–Crippen MR) is 66.9 cm³/mol. The largest absolute Gasteiger partial charge is 0.446 e. The Hall–Kier alpha value is -1.55. The molecule has 1 aliphatic carbocycles. The molecule has 2 atom stereocenters. The number of nitrogens with two attached hydrogens (primary N) is 1. The van der Waals surface area contributed by atoms with Crippen LogP contribution in [0.5, 0.6) is 0 Å². The molecule has 4 heteroatoms. The van der Waals surface area contributed by atoms with Crippen LogP contribution >= 0.6 is 0 Å². The molecule has 0 saturated heterocycles. The third-order valence-corrected chi connectivity index (χ3v) is 2.96. The van der Waals surface area contributed by atoms with Crippen molar-refractivity contribution in [2.75, 3.05) is 5.32 Å². The molecule has 0 radical (unpaired) electrons. The maximum Gasteiger partial charge on any atom is 0.411 e. The molecule has 2 unspecified atom stereocenters. The van der Waals surface area contributed by atoms with Crippen LogP contribution in [0, 0.1) is 6.92 Å². The second-order valence-electron chi connectivity index (χ2n) is 4.59. The van der Waals surface area contributed by atoms with Crippen LogP contribution in [-0.2, 0) is 4.74 Å². The number of amides is 1. The van der Waals surface area contributed by atoms with Gasteiger partial charge in [0.25, 0.3) is 0 Å². The lowest BCUT2D eigenvalue weighted by molar-refractivity contribution is 0.114. The lowest BCUT2D eigenvalue weighted by Gasteiger charge is -2.12. The van der Waals surface area contributed by atoms with Gasteiger partial charge in [-0.15, -0.1) is 0 Å². The minimum atomic E-state index is -0.394. The maximum atomic E-state index is 11.6. The highest BCUT2D eigenvalue weighted by Gasteiger charge is 2.24. The average molecular weight is 234 g/mol. The minimum absolute atomic E-state index is 0.0326. The molecule has 0 aliphatic heterocycles. The highest BCUT2D eigenvalue weighted by atomic mass is 16.6. The quantitative estimate of drug-likeness (QED) is 0.826. The number of anilines is 1. The van der Waals surface area contributed by atoms with Gasteiger partial charge in [0.15, 0.2) is 0 Å². The molecule has 4 nitrogen and oxygen atoms in total. The van der Waals surface area contributed by atoms with E-state index in [1.54, 1.807) is 0 Å². The summed E-state index contributed by atoms with van der Waals surface area (Å²) in [5.74, 6) is 0. The highest BCUT2D eigenvalue weighted by Crippen LogP contribution is 2.21. The normalized spacial score (nSPS) is 23.4. The molecule has 1 aromatic carbocycles. The molecule has 1 aliphatic rings. The molecule has 1 aromatic rings. The van der Waals surface area contributed by atoms with E-state index in [1.165, 1.54) is 0 Å². The van der Waals surface area contributed by atoms with Crippen molar-refractivity contribution in [2.45, 2.75) is 38.3 Å². The molecule has 3 N–H and O–H groups in total. The van der Waals surface area contributed by atoms with Gasteiger partial charge in [0.05, 0.1) is 0 Å². The van der Waals surface area contributed by atoms with Gasteiger partial charge >= 0.3 is 6.09 Å². The average Bonchev–Trinajstić information content (AvgIpc) is 2.63. The van der Waals surface area contributed by atoms with Crippen LogP contribution in [0.25, 0.3) is 0 Å². The zero-order valence-corrected chi connectivity index (χ0v) is 9.98. The van der Waals surface area contributed by atoms with Crippen LogP contribution in [-0.4, -0.2) is 18.2 Å². The SMILES string of the molecule is Cc1cccc(NC(=O)OC2CCC(N)C2)c1. The van der Waals surface area contributed by atoms with E-state index in [2.05, 4.69) is 5.32 Å². The van der Waals surface area contributed by atoms with E-state index in [-0.39, 0.29) is 12.1 Å². The molecular weight excluding hydrogens is 216 g/mol. The zero-order valence-electron chi connectivity index (χ0n) is 9.98. The van der Waals surface area contributed by atoms with Crippen LogP contribution in [0.15, 0.2) is 24.3 Å². The Morgan fingerprint density at radius 1 is 1.47 bits per heavy atom. The van der Waals surface area contributed by atoms with E-state index in [9.17, 15) is 4.79 Å². The standard InChI is InChI=1S/C13H18N2O2/c1-9-3-2-4-11(7-9)15-13(16)17-12-6-5-10(14)8-12/h2-4,7,10,12H,5-6,8,14H2,1H3,(H,15,16). The van der Waals surface area contributed by atoms with Gasteiger partial charge in [0, 0.05) is 11.7 Å². The van der Waals surface area contributed by atoms with Crippen molar-refractivity contribution in [2.24, 2.45) is 5.73 Å². The topological polar surface area (TPSA) is 64.3 Å². The van der Waals surface area contributed by atoms with Gasteiger partial charge in [-0.2, -0.15) is 0 Å². The third kappa shape index (κ3) is 3.46. The summed E-state index contributed by atoms with van der Waals surface area (Å²) in [4.78, 5) is 11.6. The van der Waals surface area contributed by atoms with Crippen molar-refractivity contribution in [3.05, 3.63) is 29.8 Å². The minimum Gasteiger partial charge on any atom is -0.446 e. The second-order valence-corrected chi connectivity index (χ2v) is 4.59. The number of hydrogen-bond donors (Lipinski definition) is 2. The Morgan fingerprint density at radius 2 is 2.29 bits per heavy atom. The predicted octanol–water partition coefficient (Wildman–Crippen LogP) is 2.42. The molecule has 0 spiro atoms. The van der Waals surface area contributed by atoms with Gasteiger partial charge in [0.1, 0.15) is 6.10 Å². The highest BCUT2D eigenvalue weighted by molar-refractivity contribution is 5.84. The van der Waals surface area contributed by atoms with Crippen LogP contribution < -0.4 is 11.1 Å². The Morgan fingerprint density at radius 3 is 2.94 bits per heavy atom. The first-order valence-electron chi connectivity index (χ1n) is 5.93. The van der Waals surface area contributed by atoms with Crippen molar-refractivity contribution >= 4 is 11.8 Å². The number of aryl methyl sites for hydroxylation is 1. The maximum absolute atomic E-state index is 11.6. The number of hydrogen-bond acceptors (Lipinski definition) is 3. The number of carbonyl (C=O) groups is 1. The van der Waals surface area contributed by atoms with E-state index >= 15 is 0 Å². The smallest absolute Gasteiger partial charge is 0.411 e. The monoisotopic (exact) mass is 234 g/mol. The van der Waals surface area contributed by atoms with E-state index < -0.39 is 6.09 Å². The summed E-state index contributed by atoms with van der Waals surface area (Å²) in [7, 11) is 0. The Balaban J connectivity index is 1.85. The van der Waals surface area contributed by atoms with Crippen molar-refractivity contribution in [1.29, 1.82) is 0 Å². The summed E-state index contributed by atoms with van der Waals surface area (Å²) in [5, 5.41) is 2.72. The van der Waals surface area contributed by atoms with E-state index in [0.29, 0.717) is 0 Å². The number of rotatable bonds is 2. The van der Waals surface area contributed by atoms with Gasteiger partial charge in [0.2, 0.25) is 0 Å².